The van der Waals surface area contributed by atoms with E-state index in [-0.39, 0.29) is 34.5 Å². The van der Waals surface area contributed by atoms with Crippen LogP contribution < -0.4 is 10.3 Å². The average molecular weight is 374 g/mol. The van der Waals surface area contributed by atoms with E-state index in [1.165, 1.54) is 18.3 Å². The van der Waals surface area contributed by atoms with Crippen LogP contribution >= 0.6 is 11.6 Å². The number of nitrogens with one attached hydrogen (secondary N) is 2. The highest BCUT2D eigenvalue weighted by molar-refractivity contribution is 6.33. The minimum absolute atomic E-state index is 0.0537. The van der Waals surface area contributed by atoms with Gasteiger partial charge in [0.2, 0.25) is 0 Å². The summed E-state index contributed by atoms with van der Waals surface area (Å²) >= 11 is 5.83. The zero-order valence-corrected chi connectivity index (χ0v) is 13.0. The first-order valence-electron chi connectivity index (χ1n) is 6.76. The Morgan fingerprint density at radius 3 is 2.84 bits per heavy atom. The monoisotopic (exact) mass is 373 g/mol. The summed E-state index contributed by atoms with van der Waals surface area (Å²) in [7, 11) is 0. The van der Waals surface area contributed by atoms with Gasteiger partial charge in [-0.2, -0.15) is 13.2 Å². The fraction of sp³-hybridized carbons (Fsp3) is 0.154. The van der Waals surface area contributed by atoms with E-state index in [4.69, 9.17) is 11.6 Å². The number of pyridine rings is 2. The zero-order chi connectivity index (χ0) is 18.2. The summed E-state index contributed by atoms with van der Waals surface area (Å²) in [5, 5.41) is 21.0. The molecule has 0 atom stereocenters. The lowest BCUT2D eigenvalue weighted by molar-refractivity contribution is -0.409. The molecular weight excluding hydrogens is 365 g/mol. The highest BCUT2D eigenvalue weighted by atomic mass is 35.5. The van der Waals surface area contributed by atoms with Gasteiger partial charge < -0.3 is 0 Å². The minimum atomic E-state index is -4.58. The van der Waals surface area contributed by atoms with Gasteiger partial charge in [0, 0.05) is 12.3 Å². The largest absolute Gasteiger partial charge is 0.417 e. The summed E-state index contributed by atoms with van der Waals surface area (Å²) in [6, 6.07) is 3.49. The predicted molar refractivity (Wildman–Crippen MR) is 80.0 cm³/mol. The third-order valence-electron chi connectivity index (χ3n) is 3.31. The molecule has 0 saturated carbocycles. The summed E-state index contributed by atoms with van der Waals surface area (Å²) in [6.45, 7) is -0.111. The molecule has 0 amide bonds. The number of aromatic nitrogens is 4. The van der Waals surface area contributed by atoms with Gasteiger partial charge in [0.25, 0.3) is 0 Å². The molecule has 0 saturated heterocycles. The maximum absolute atomic E-state index is 12.9. The molecule has 3 rings (SSSR count). The van der Waals surface area contributed by atoms with Gasteiger partial charge >= 0.3 is 17.7 Å². The predicted octanol–water partition coefficient (Wildman–Crippen LogP) is 2.74. The topological polar surface area (TPSA) is 99.5 Å². The Hall–Kier alpha value is -2.95. The third kappa shape index (κ3) is 3.31. The van der Waals surface area contributed by atoms with Crippen molar-refractivity contribution in [3.05, 3.63) is 57.1 Å². The molecule has 25 heavy (non-hydrogen) atoms. The highest BCUT2D eigenvalue weighted by Crippen LogP contribution is 2.32. The van der Waals surface area contributed by atoms with Crippen LogP contribution in [-0.4, -0.2) is 19.5 Å². The third-order valence-corrected chi connectivity index (χ3v) is 3.59. The highest BCUT2D eigenvalue weighted by Gasteiger charge is 2.32. The summed E-state index contributed by atoms with van der Waals surface area (Å²) in [5.41, 5.74) is -1.12. The standard InChI is InChI=1S/C13H8ClF3N6O2/c14-8-4-7(13(15,16)17)6-22-10(20-21-12(8)22)5-19-11-9(23(24)25)2-1-3-18-11/h1-4,6H,5H2,(H,18,19)/p+1. The van der Waals surface area contributed by atoms with E-state index in [1.54, 1.807) is 0 Å². The van der Waals surface area contributed by atoms with Crippen LogP contribution in [-0.2, 0) is 12.7 Å². The van der Waals surface area contributed by atoms with Crippen LogP contribution in [0.15, 0.2) is 30.6 Å². The molecule has 0 aromatic carbocycles. The quantitative estimate of drug-likeness (QED) is 0.560. The number of H-pyrrole nitrogens is 1. The van der Waals surface area contributed by atoms with Crippen molar-refractivity contribution < 1.29 is 23.1 Å². The molecule has 8 nitrogen and oxygen atoms in total. The molecule has 0 unspecified atom stereocenters. The molecule has 0 bridgehead atoms. The van der Waals surface area contributed by atoms with Crippen molar-refractivity contribution in [3.8, 4) is 0 Å². The number of alkyl halides is 3. The number of aromatic amines is 1. The lowest BCUT2D eigenvalue weighted by Gasteiger charge is -2.08. The maximum Gasteiger partial charge on any atom is 0.417 e. The molecule has 0 spiro atoms. The number of nitro groups is 1. The molecule has 12 heteroatoms. The van der Waals surface area contributed by atoms with E-state index in [1.807, 2.05) is 0 Å². The Bertz CT molecular complexity index is 959. The second-order valence-corrected chi connectivity index (χ2v) is 5.33. The fourth-order valence-electron chi connectivity index (χ4n) is 2.16. The number of anilines is 1. The van der Waals surface area contributed by atoms with Gasteiger partial charge in [-0.3, -0.25) is 19.8 Å². The van der Waals surface area contributed by atoms with Crippen molar-refractivity contribution in [1.29, 1.82) is 0 Å². The van der Waals surface area contributed by atoms with Gasteiger partial charge in [0.05, 0.1) is 21.7 Å². The van der Waals surface area contributed by atoms with Gasteiger partial charge in [-0.25, -0.2) is 4.98 Å². The van der Waals surface area contributed by atoms with Crippen LogP contribution in [0.3, 0.4) is 0 Å². The van der Waals surface area contributed by atoms with Crippen molar-refractivity contribution >= 4 is 28.8 Å². The van der Waals surface area contributed by atoms with Gasteiger partial charge in [0.1, 0.15) is 6.54 Å². The van der Waals surface area contributed by atoms with Crippen LogP contribution in [0.4, 0.5) is 24.7 Å². The summed E-state index contributed by atoms with van der Waals surface area (Å²) in [4.78, 5) is 13.0. The molecule has 0 fully saturated rings. The molecule has 3 aromatic heterocycles. The molecule has 0 aliphatic rings. The molecular formula is C13H9ClF3N6O2+. The number of nitrogens with zero attached hydrogens (tertiary/aromatic N) is 4. The second-order valence-electron chi connectivity index (χ2n) is 4.93. The Kier molecular flexibility index (Phi) is 4.17. The van der Waals surface area contributed by atoms with Crippen LogP contribution in [0, 0.1) is 10.1 Å². The van der Waals surface area contributed by atoms with Crippen molar-refractivity contribution in [3.63, 3.8) is 0 Å². The Balaban J connectivity index is 1.95. The molecule has 3 aromatic rings. The molecule has 0 aliphatic heterocycles. The van der Waals surface area contributed by atoms with Gasteiger partial charge in [0.15, 0.2) is 11.5 Å². The maximum atomic E-state index is 12.9. The fourth-order valence-corrected chi connectivity index (χ4v) is 2.41. The van der Waals surface area contributed by atoms with Crippen LogP contribution in [0.25, 0.3) is 5.65 Å². The smallest absolute Gasteiger partial charge is 0.281 e. The van der Waals surface area contributed by atoms with Crippen molar-refractivity contribution in [2.75, 3.05) is 5.32 Å². The van der Waals surface area contributed by atoms with Gasteiger partial charge in [-0.05, 0) is 12.1 Å². The van der Waals surface area contributed by atoms with Gasteiger partial charge in [-0.1, -0.05) is 11.6 Å². The Labute approximate surface area is 142 Å². The van der Waals surface area contributed by atoms with E-state index < -0.39 is 16.7 Å². The van der Waals surface area contributed by atoms with Gasteiger partial charge in [-0.15, -0.1) is 10.2 Å². The number of halogens is 4. The Morgan fingerprint density at radius 1 is 1.40 bits per heavy atom. The lowest BCUT2D eigenvalue weighted by Crippen LogP contribution is -2.16. The summed E-state index contributed by atoms with van der Waals surface area (Å²) < 4.78 is 39.8. The number of fused-ring (bicyclic) bond motifs is 1. The normalized spacial score (nSPS) is 11.7. The van der Waals surface area contributed by atoms with Crippen molar-refractivity contribution in [1.82, 2.24) is 14.6 Å². The molecule has 2 N–H and O–H groups in total. The zero-order valence-electron chi connectivity index (χ0n) is 12.2. The first-order chi connectivity index (χ1) is 11.8. The van der Waals surface area contributed by atoms with Crippen LogP contribution in [0.2, 0.25) is 5.02 Å². The lowest BCUT2D eigenvalue weighted by atomic mass is 10.2. The van der Waals surface area contributed by atoms with Crippen molar-refractivity contribution in [2.45, 2.75) is 12.7 Å². The molecule has 130 valence electrons. The van der Waals surface area contributed by atoms with E-state index in [2.05, 4.69) is 20.5 Å². The van der Waals surface area contributed by atoms with Crippen LogP contribution in [0.1, 0.15) is 11.4 Å². The van der Waals surface area contributed by atoms with Crippen molar-refractivity contribution in [2.24, 2.45) is 0 Å². The van der Waals surface area contributed by atoms with E-state index in [9.17, 15) is 23.3 Å². The number of hydrogen-bond acceptors (Lipinski definition) is 5. The number of rotatable bonds is 4. The average Bonchev–Trinajstić information content (AvgIpc) is 2.96. The van der Waals surface area contributed by atoms with E-state index in [0.717, 1.165) is 16.7 Å². The molecule has 0 radical (unpaired) electrons. The summed E-state index contributed by atoms with van der Waals surface area (Å²) in [6.07, 6.45) is -2.30. The first kappa shape index (κ1) is 16.9. The SMILES string of the molecule is O=[N+]([O-])c1ccc[nH+]c1NCc1nnc2c(Cl)cc(C(F)(F)F)cn12. The minimum Gasteiger partial charge on any atom is -0.281 e. The Morgan fingerprint density at radius 2 is 2.16 bits per heavy atom. The molecule has 3 heterocycles. The summed E-state index contributed by atoms with van der Waals surface area (Å²) in [5.74, 6) is 0.192. The first-order valence-corrected chi connectivity index (χ1v) is 7.14. The second kappa shape index (κ2) is 6.16. The molecule has 0 aliphatic carbocycles. The number of hydrogen-bond donors (Lipinski definition) is 1. The van der Waals surface area contributed by atoms with E-state index in [0.29, 0.717) is 0 Å². The van der Waals surface area contributed by atoms with E-state index >= 15 is 0 Å². The van der Waals surface area contributed by atoms with Crippen LogP contribution in [0.5, 0.6) is 0 Å².